The van der Waals surface area contributed by atoms with Crippen LogP contribution in [-0.4, -0.2) is 17.6 Å². The molecule has 1 rings (SSSR count). The van der Waals surface area contributed by atoms with Gasteiger partial charge in [-0.2, -0.15) is 0 Å². The van der Waals surface area contributed by atoms with Crippen molar-refractivity contribution in [3.8, 4) is 0 Å². The number of carboxylic acid groups (broad SMARTS) is 1. The molecule has 0 aliphatic heterocycles. The highest BCUT2D eigenvalue weighted by molar-refractivity contribution is 5.95. The van der Waals surface area contributed by atoms with Crippen LogP contribution in [0.4, 0.5) is 5.69 Å². The van der Waals surface area contributed by atoms with Crippen LogP contribution < -0.4 is 5.32 Å². The van der Waals surface area contributed by atoms with E-state index in [1.807, 2.05) is 13.0 Å². The number of aromatic carboxylic acids is 1. The number of hydrogen-bond donors (Lipinski definition) is 2. The molecule has 3 nitrogen and oxygen atoms in total. The Kier molecular flexibility index (Phi) is 4.16. The fourth-order valence-corrected chi connectivity index (χ4v) is 1.53. The average molecular weight is 235 g/mol. The number of carboxylic acids is 1. The molecule has 0 radical (unpaired) electrons. The summed E-state index contributed by atoms with van der Waals surface area (Å²) in [6.45, 7) is 9.16. The van der Waals surface area contributed by atoms with Gasteiger partial charge < -0.3 is 10.4 Å². The van der Waals surface area contributed by atoms with Gasteiger partial charge in [0.25, 0.3) is 0 Å². The molecule has 0 atom stereocenters. The zero-order valence-electron chi connectivity index (χ0n) is 11.0. The fraction of sp³-hybridized carbons (Fsp3) is 0.500. The SMILES string of the molecule is CCC(C)(C)CNc1c(C)cccc1C(=O)O. The topological polar surface area (TPSA) is 49.3 Å². The summed E-state index contributed by atoms with van der Waals surface area (Å²) < 4.78 is 0. The summed E-state index contributed by atoms with van der Waals surface area (Å²) >= 11 is 0. The minimum Gasteiger partial charge on any atom is -0.478 e. The Bertz CT molecular complexity index is 411. The number of benzene rings is 1. The van der Waals surface area contributed by atoms with Gasteiger partial charge in [0.2, 0.25) is 0 Å². The van der Waals surface area contributed by atoms with Crippen molar-refractivity contribution in [3.05, 3.63) is 29.3 Å². The molecule has 0 aromatic heterocycles. The normalized spacial score (nSPS) is 11.3. The standard InChI is InChI=1S/C14H21NO2/c1-5-14(3,4)9-15-12-10(2)7-6-8-11(12)13(16)17/h6-8,15H,5,9H2,1-4H3,(H,16,17). The van der Waals surface area contributed by atoms with Gasteiger partial charge in [0.15, 0.2) is 0 Å². The third-order valence-electron chi connectivity index (χ3n) is 3.20. The third-order valence-corrected chi connectivity index (χ3v) is 3.20. The summed E-state index contributed by atoms with van der Waals surface area (Å²) in [4.78, 5) is 11.1. The molecule has 0 saturated heterocycles. The molecular formula is C14H21NO2. The number of para-hydroxylation sites is 1. The minimum absolute atomic E-state index is 0.165. The molecule has 17 heavy (non-hydrogen) atoms. The zero-order chi connectivity index (χ0) is 13.1. The maximum absolute atomic E-state index is 11.1. The summed E-state index contributed by atoms with van der Waals surface area (Å²) in [5.41, 5.74) is 2.22. The first-order chi connectivity index (χ1) is 7.87. The highest BCUT2D eigenvalue weighted by Gasteiger charge is 2.17. The lowest BCUT2D eigenvalue weighted by molar-refractivity contribution is 0.0697. The van der Waals surface area contributed by atoms with E-state index in [1.165, 1.54) is 0 Å². The Balaban J connectivity index is 2.94. The van der Waals surface area contributed by atoms with E-state index in [2.05, 4.69) is 26.1 Å². The number of aryl methyl sites for hydroxylation is 1. The van der Waals surface area contributed by atoms with Crippen molar-refractivity contribution in [3.63, 3.8) is 0 Å². The second-order valence-corrected chi connectivity index (χ2v) is 5.17. The lowest BCUT2D eigenvalue weighted by Crippen LogP contribution is -2.23. The van der Waals surface area contributed by atoms with E-state index in [1.54, 1.807) is 12.1 Å². The van der Waals surface area contributed by atoms with Gasteiger partial charge in [-0.25, -0.2) is 4.79 Å². The summed E-state index contributed by atoms with van der Waals surface area (Å²) in [7, 11) is 0. The van der Waals surface area contributed by atoms with E-state index in [0.717, 1.165) is 24.2 Å². The molecule has 0 unspecified atom stereocenters. The summed E-state index contributed by atoms with van der Waals surface area (Å²) in [6, 6.07) is 5.33. The Morgan fingerprint density at radius 2 is 2.06 bits per heavy atom. The molecule has 2 N–H and O–H groups in total. The number of anilines is 1. The van der Waals surface area contributed by atoms with E-state index < -0.39 is 5.97 Å². The molecule has 1 aromatic carbocycles. The molecule has 0 saturated carbocycles. The lowest BCUT2D eigenvalue weighted by atomic mass is 9.90. The van der Waals surface area contributed by atoms with Gasteiger partial charge in [-0.3, -0.25) is 0 Å². The van der Waals surface area contributed by atoms with Crippen molar-refractivity contribution in [1.82, 2.24) is 0 Å². The highest BCUT2D eigenvalue weighted by atomic mass is 16.4. The van der Waals surface area contributed by atoms with E-state index in [0.29, 0.717) is 5.56 Å². The number of carbonyl (C=O) groups is 1. The monoisotopic (exact) mass is 235 g/mol. The first-order valence-corrected chi connectivity index (χ1v) is 5.94. The lowest BCUT2D eigenvalue weighted by Gasteiger charge is -2.24. The number of hydrogen-bond acceptors (Lipinski definition) is 2. The van der Waals surface area contributed by atoms with Crippen LogP contribution in [0.3, 0.4) is 0 Å². The van der Waals surface area contributed by atoms with Gasteiger partial charge in [0.05, 0.1) is 11.3 Å². The largest absolute Gasteiger partial charge is 0.478 e. The molecule has 0 amide bonds. The third kappa shape index (κ3) is 3.48. The maximum atomic E-state index is 11.1. The van der Waals surface area contributed by atoms with Gasteiger partial charge in [-0.1, -0.05) is 32.9 Å². The van der Waals surface area contributed by atoms with E-state index in [9.17, 15) is 4.79 Å². The molecular weight excluding hydrogens is 214 g/mol. The fourth-order valence-electron chi connectivity index (χ4n) is 1.53. The maximum Gasteiger partial charge on any atom is 0.337 e. The van der Waals surface area contributed by atoms with Gasteiger partial charge in [-0.15, -0.1) is 0 Å². The van der Waals surface area contributed by atoms with Crippen molar-refractivity contribution in [1.29, 1.82) is 0 Å². The first-order valence-electron chi connectivity index (χ1n) is 5.94. The second-order valence-electron chi connectivity index (χ2n) is 5.17. The molecule has 0 bridgehead atoms. The second kappa shape index (κ2) is 5.21. The minimum atomic E-state index is -0.884. The van der Waals surface area contributed by atoms with Crippen molar-refractivity contribution in [2.45, 2.75) is 34.1 Å². The van der Waals surface area contributed by atoms with Crippen LogP contribution in [0.5, 0.6) is 0 Å². The van der Waals surface area contributed by atoms with Crippen molar-refractivity contribution in [2.24, 2.45) is 5.41 Å². The van der Waals surface area contributed by atoms with E-state index in [-0.39, 0.29) is 5.41 Å². The summed E-state index contributed by atoms with van der Waals surface area (Å²) in [6.07, 6.45) is 1.05. The van der Waals surface area contributed by atoms with Crippen LogP contribution in [0.1, 0.15) is 43.1 Å². The molecule has 0 heterocycles. The van der Waals surface area contributed by atoms with Gasteiger partial charge in [0, 0.05) is 6.54 Å². The quantitative estimate of drug-likeness (QED) is 0.820. The Morgan fingerprint density at radius 3 is 2.59 bits per heavy atom. The zero-order valence-corrected chi connectivity index (χ0v) is 11.0. The number of rotatable bonds is 5. The van der Waals surface area contributed by atoms with Crippen LogP contribution in [-0.2, 0) is 0 Å². The Labute approximate surface area is 103 Å². The molecule has 3 heteroatoms. The molecule has 94 valence electrons. The predicted molar refractivity (Wildman–Crippen MR) is 70.7 cm³/mol. The van der Waals surface area contributed by atoms with Crippen molar-refractivity contribution >= 4 is 11.7 Å². The molecule has 0 aliphatic rings. The van der Waals surface area contributed by atoms with E-state index in [4.69, 9.17) is 5.11 Å². The molecule has 1 aromatic rings. The number of nitrogens with one attached hydrogen (secondary N) is 1. The van der Waals surface area contributed by atoms with Crippen LogP contribution in [0.25, 0.3) is 0 Å². The van der Waals surface area contributed by atoms with Gasteiger partial charge >= 0.3 is 5.97 Å². The summed E-state index contributed by atoms with van der Waals surface area (Å²) in [5, 5.41) is 12.4. The predicted octanol–water partition coefficient (Wildman–Crippen LogP) is 3.54. The van der Waals surface area contributed by atoms with Crippen molar-refractivity contribution < 1.29 is 9.90 Å². The first kappa shape index (κ1) is 13.6. The molecule has 0 aliphatic carbocycles. The van der Waals surface area contributed by atoms with Crippen LogP contribution in [0.2, 0.25) is 0 Å². The van der Waals surface area contributed by atoms with Crippen LogP contribution in [0, 0.1) is 12.3 Å². The average Bonchev–Trinajstić information content (AvgIpc) is 2.27. The van der Waals surface area contributed by atoms with Crippen LogP contribution in [0.15, 0.2) is 18.2 Å². The smallest absolute Gasteiger partial charge is 0.337 e. The summed E-state index contributed by atoms with van der Waals surface area (Å²) in [5.74, 6) is -0.884. The van der Waals surface area contributed by atoms with Gasteiger partial charge in [-0.05, 0) is 30.4 Å². The van der Waals surface area contributed by atoms with Crippen LogP contribution >= 0.6 is 0 Å². The van der Waals surface area contributed by atoms with Gasteiger partial charge in [0.1, 0.15) is 0 Å². The Hall–Kier alpha value is -1.51. The highest BCUT2D eigenvalue weighted by Crippen LogP contribution is 2.25. The van der Waals surface area contributed by atoms with Crippen molar-refractivity contribution in [2.75, 3.05) is 11.9 Å². The molecule has 0 fully saturated rings. The Morgan fingerprint density at radius 1 is 1.41 bits per heavy atom. The van der Waals surface area contributed by atoms with E-state index >= 15 is 0 Å². The molecule has 0 spiro atoms.